The molecule has 0 N–H and O–H groups in total. The summed E-state index contributed by atoms with van der Waals surface area (Å²) in [5.74, 6) is 0. The first-order valence-electron chi connectivity index (χ1n) is 3.39. The van der Waals surface area contributed by atoms with E-state index in [1.54, 1.807) is 9.80 Å². The van der Waals surface area contributed by atoms with Crippen molar-refractivity contribution in [2.24, 2.45) is 0 Å². The number of hydrogen-bond acceptors (Lipinski definition) is 8. The van der Waals surface area contributed by atoms with E-state index in [-0.39, 0.29) is 27.0 Å². The van der Waals surface area contributed by atoms with Gasteiger partial charge < -0.3 is 86.5 Å². The molecule has 0 spiro atoms. The molecule has 0 amide bonds. The molecule has 0 aromatic carbocycles. The Morgan fingerprint density at radius 2 is 0.833 bits per heavy atom. The predicted octanol–water partition coefficient (Wildman–Crippen LogP) is -0.0232. The van der Waals surface area contributed by atoms with E-state index in [9.17, 15) is 0 Å². The molecule has 0 aliphatic heterocycles. The maximum atomic E-state index is 8.26. The summed E-state index contributed by atoms with van der Waals surface area (Å²) >= 11 is 19.6. The standard InChI is InChI=1S/2C3H7NS2.2Mo.2O.2H2S/c2*1-4(2)3(5)6;;;;;;/h2*1-2H3,(H,5,6);;;;;2*1H2/p-4. The topological polar surface area (TPSA) is 40.6 Å². The van der Waals surface area contributed by atoms with Crippen LogP contribution >= 0.6 is 24.4 Å². The van der Waals surface area contributed by atoms with Crippen molar-refractivity contribution < 1.29 is 46.3 Å². The average molecular weight is 530 g/mol. The van der Waals surface area contributed by atoms with Gasteiger partial charge in [0.05, 0.1) is 0 Å². The number of hydrogen-bond donors (Lipinski definition) is 0. The summed E-state index contributed by atoms with van der Waals surface area (Å²) in [6.07, 6.45) is 0. The Morgan fingerprint density at radius 1 is 0.778 bits per heavy atom. The summed E-state index contributed by atoms with van der Waals surface area (Å²) in [7, 11) is 7.31. The van der Waals surface area contributed by atoms with E-state index in [0.29, 0.717) is 48.2 Å². The third kappa shape index (κ3) is 52.2. The minimum absolute atomic E-state index is 0. The molecule has 0 radical (unpaired) electrons. The van der Waals surface area contributed by atoms with Gasteiger partial charge in [-0.15, -0.1) is 0 Å². The van der Waals surface area contributed by atoms with E-state index in [1.165, 1.54) is 0 Å². The number of nitrogens with zero attached hydrogens (tertiary/aromatic N) is 2. The number of rotatable bonds is 0. The van der Waals surface area contributed by atoms with E-state index in [0.717, 1.165) is 0 Å². The van der Waals surface area contributed by atoms with Gasteiger partial charge in [-0.05, 0) is 0 Å². The fourth-order valence-electron chi connectivity index (χ4n) is 0. The zero-order valence-electron chi connectivity index (χ0n) is 10.1. The SMILES string of the molecule is CN(C)C(=S)[S-].CN(C)C(=S)[S-].[O]=[Mo].[O]=[Mo].[SH-].[SH-]. The van der Waals surface area contributed by atoms with Crippen molar-refractivity contribution in [2.45, 2.75) is 0 Å². The van der Waals surface area contributed by atoms with Crippen LogP contribution in [0.2, 0.25) is 0 Å². The molecule has 0 aliphatic rings. The monoisotopic (exact) mass is 534 g/mol. The van der Waals surface area contributed by atoms with Gasteiger partial charge in [0.2, 0.25) is 0 Å². The van der Waals surface area contributed by atoms with Crippen molar-refractivity contribution in [1.82, 2.24) is 9.80 Å². The van der Waals surface area contributed by atoms with Gasteiger partial charge in [0, 0.05) is 28.2 Å². The molecule has 0 saturated heterocycles. The molecule has 12 heteroatoms. The Balaban J connectivity index is -0.0000000287. The van der Waals surface area contributed by atoms with Gasteiger partial charge in [-0.25, -0.2) is 0 Å². The molecule has 0 fully saturated rings. The second kappa shape index (κ2) is 31.3. The van der Waals surface area contributed by atoms with E-state index < -0.39 is 0 Å². The van der Waals surface area contributed by atoms with Crippen LogP contribution in [0.3, 0.4) is 0 Å². The van der Waals surface area contributed by atoms with Crippen LogP contribution in [0.5, 0.6) is 0 Å². The smallest absolute Gasteiger partial charge is 0.813 e. The van der Waals surface area contributed by atoms with E-state index >= 15 is 0 Å². The number of thiocarbonyl (C=S) groups is 2. The van der Waals surface area contributed by atoms with Gasteiger partial charge in [0.15, 0.2) is 0 Å². The molecule has 4 nitrogen and oxygen atoms in total. The van der Waals surface area contributed by atoms with Crippen molar-refractivity contribution in [2.75, 3.05) is 28.2 Å². The Morgan fingerprint density at radius 3 is 0.833 bits per heavy atom. The largest absolute Gasteiger partial charge is 0.813 e. The summed E-state index contributed by atoms with van der Waals surface area (Å²) in [6, 6.07) is 0. The van der Waals surface area contributed by atoms with Crippen molar-refractivity contribution in [3.63, 3.8) is 0 Å². The van der Waals surface area contributed by atoms with Crippen LogP contribution in [0.25, 0.3) is 0 Å². The fourth-order valence-corrected chi connectivity index (χ4v) is 0. The minimum Gasteiger partial charge on any atom is -0.813 e. The number of thiol groups is 2. The zero-order chi connectivity index (χ0) is 14.3. The van der Waals surface area contributed by atoms with Gasteiger partial charge in [-0.1, -0.05) is 8.64 Å². The Labute approximate surface area is 168 Å². The van der Waals surface area contributed by atoms with E-state index in [4.69, 9.17) is 6.80 Å². The zero-order valence-corrected chi connectivity index (χ0v) is 19.1. The Bertz CT molecular complexity index is 179. The molecule has 0 aromatic rings. The van der Waals surface area contributed by atoms with Crippen molar-refractivity contribution in [3.05, 3.63) is 0 Å². The molecule has 0 unspecified atom stereocenters. The first-order chi connectivity index (χ1) is 7.29. The average Bonchev–Trinajstić information content (AvgIpc) is 2.24. The van der Waals surface area contributed by atoms with E-state index in [2.05, 4.69) is 49.7 Å². The quantitative estimate of drug-likeness (QED) is 0.185. The Kier molecular flexibility index (Phi) is 64.1. The Hall–Kier alpha value is 1.90. The third-order valence-electron chi connectivity index (χ3n) is 0.730. The van der Waals surface area contributed by atoms with Gasteiger partial charge in [0.25, 0.3) is 0 Å². The molecular weight excluding hydrogens is 516 g/mol. The van der Waals surface area contributed by atoms with Gasteiger partial charge in [-0.3, -0.25) is 0 Å². The molecule has 0 heterocycles. The molecule has 0 bridgehead atoms. The molecular formula is C6H14Mo2N2O2S6-4. The molecule has 0 saturated carbocycles. The summed E-state index contributed by atoms with van der Waals surface area (Å²) in [5.41, 5.74) is 0. The van der Waals surface area contributed by atoms with Gasteiger partial charge >= 0.3 is 46.3 Å². The van der Waals surface area contributed by atoms with Crippen LogP contribution < -0.4 is 0 Å². The molecule has 0 atom stereocenters. The summed E-state index contributed by atoms with van der Waals surface area (Å²) in [6.45, 7) is 0. The van der Waals surface area contributed by atoms with Crippen molar-refractivity contribution >= 4 is 85.3 Å². The minimum atomic E-state index is 0. The van der Waals surface area contributed by atoms with Crippen molar-refractivity contribution in [3.8, 4) is 0 Å². The van der Waals surface area contributed by atoms with Crippen LogP contribution in [0.15, 0.2) is 0 Å². The second-order valence-corrected chi connectivity index (χ2v) is 4.38. The first kappa shape index (κ1) is 36.8. The fraction of sp³-hybridized carbons (Fsp3) is 0.667. The van der Waals surface area contributed by atoms with Crippen LogP contribution in [0, 0.1) is 0 Å². The first-order valence-corrected chi connectivity index (χ1v) is 6.66. The normalized spacial score (nSPS) is 5.56. The maximum Gasteiger partial charge on any atom is -0.813 e. The van der Waals surface area contributed by atoms with Crippen LogP contribution in [-0.2, 0) is 98.6 Å². The van der Waals surface area contributed by atoms with E-state index in [1.807, 2.05) is 28.2 Å². The predicted molar refractivity (Wildman–Crippen MR) is 86.2 cm³/mol. The summed E-state index contributed by atoms with van der Waals surface area (Å²) < 4.78 is 17.5. The van der Waals surface area contributed by atoms with Gasteiger partial charge in [0.1, 0.15) is 0 Å². The molecule has 18 heavy (non-hydrogen) atoms. The summed E-state index contributed by atoms with van der Waals surface area (Å²) in [4.78, 5) is 3.43. The van der Waals surface area contributed by atoms with Crippen LogP contribution in [-0.4, -0.2) is 46.6 Å². The third-order valence-corrected chi connectivity index (χ3v) is 2.19. The maximum absolute atomic E-state index is 8.26. The van der Waals surface area contributed by atoms with Crippen molar-refractivity contribution in [1.29, 1.82) is 0 Å². The molecule has 112 valence electrons. The second-order valence-electron chi connectivity index (χ2n) is 2.32. The molecule has 0 aromatic heterocycles. The van der Waals surface area contributed by atoms with Crippen LogP contribution in [0.4, 0.5) is 0 Å². The van der Waals surface area contributed by atoms with Crippen LogP contribution in [0.1, 0.15) is 0 Å². The molecule has 0 aliphatic carbocycles. The molecule has 0 rings (SSSR count). The van der Waals surface area contributed by atoms with Gasteiger partial charge in [-0.2, -0.15) is 0 Å². The summed E-state index contributed by atoms with van der Waals surface area (Å²) in [5, 5.41) is 0.